The standard InChI is InChI=1S/C29H38FN3S.C2H6/c1-6-8-10-24-19-28(29(32(3)4)20-23(24)9-7-2)31-34-27-17-11-22(12-18-27)21-33(5)26-15-13-25(30)14-16-26;1-2/h11-20,31H,6-10,21H2,1-5H3;1-2H3. The molecule has 0 aliphatic rings. The zero-order valence-electron chi connectivity index (χ0n) is 23.2. The summed E-state index contributed by atoms with van der Waals surface area (Å²) < 4.78 is 16.8. The minimum atomic E-state index is -0.207. The van der Waals surface area contributed by atoms with Crippen molar-refractivity contribution >= 4 is 29.0 Å². The van der Waals surface area contributed by atoms with Crippen LogP contribution in [0.1, 0.15) is 63.6 Å². The van der Waals surface area contributed by atoms with Gasteiger partial charge in [0, 0.05) is 38.3 Å². The Morgan fingerprint density at radius 1 is 0.806 bits per heavy atom. The fraction of sp³-hybridized carbons (Fsp3) is 0.419. The first-order valence-electron chi connectivity index (χ1n) is 13.2. The number of nitrogens with zero attached hydrogens (tertiary/aromatic N) is 2. The summed E-state index contributed by atoms with van der Waals surface area (Å²) in [5, 5.41) is 0. The molecule has 0 heterocycles. The Labute approximate surface area is 223 Å². The van der Waals surface area contributed by atoms with E-state index in [0.29, 0.717) is 0 Å². The quantitative estimate of drug-likeness (QED) is 0.245. The first-order chi connectivity index (χ1) is 17.4. The highest BCUT2D eigenvalue weighted by Gasteiger charge is 2.12. The molecule has 0 atom stereocenters. The van der Waals surface area contributed by atoms with Crippen molar-refractivity contribution in [3.8, 4) is 0 Å². The molecule has 0 aliphatic heterocycles. The lowest BCUT2D eigenvalue weighted by Crippen LogP contribution is -2.16. The molecule has 0 aromatic heterocycles. The molecule has 5 heteroatoms. The zero-order chi connectivity index (χ0) is 26.5. The molecule has 3 nitrogen and oxygen atoms in total. The second-order valence-electron chi connectivity index (χ2n) is 9.07. The van der Waals surface area contributed by atoms with E-state index in [2.05, 4.69) is 78.9 Å². The van der Waals surface area contributed by atoms with Gasteiger partial charge in [0.05, 0.1) is 11.4 Å². The van der Waals surface area contributed by atoms with E-state index in [-0.39, 0.29) is 5.82 Å². The monoisotopic (exact) mass is 509 g/mol. The van der Waals surface area contributed by atoms with Crippen LogP contribution < -0.4 is 14.5 Å². The van der Waals surface area contributed by atoms with Crippen molar-refractivity contribution < 1.29 is 4.39 Å². The predicted molar refractivity (Wildman–Crippen MR) is 159 cm³/mol. The second kappa shape index (κ2) is 15.5. The van der Waals surface area contributed by atoms with Gasteiger partial charge in [-0.2, -0.15) is 0 Å². The molecule has 196 valence electrons. The summed E-state index contributed by atoms with van der Waals surface area (Å²) in [4.78, 5) is 5.49. The molecule has 0 spiro atoms. The average Bonchev–Trinajstić information content (AvgIpc) is 2.89. The number of halogens is 1. The SMILES string of the molecule is CC.CCCCc1cc(NSc2ccc(CN(C)c3ccc(F)cc3)cc2)c(N(C)C)cc1CCC. The molecule has 0 aliphatic carbocycles. The van der Waals surface area contributed by atoms with Gasteiger partial charge in [-0.3, -0.25) is 0 Å². The topological polar surface area (TPSA) is 18.5 Å². The predicted octanol–water partition coefficient (Wildman–Crippen LogP) is 8.97. The van der Waals surface area contributed by atoms with E-state index in [9.17, 15) is 4.39 Å². The van der Waals surface area contributed by atoms with Gasteiger partial charge in [-0.05, 0) is 96.4 Å². The van der Waals surface area contributed by atoms with Gasteiger partial charge in [-0.1, -0.05) is 52.7 Å². The fourth-order valence-electron chi connectivity index (χ4n) is 4.07. The summed E-state index contributed by atoms with van der Waals surface area (Å²) in [6, 6.07) is 20.0. The number of anilines is 3. The summed E-state index contributed by atoms with van der Waals surface area (Å²) in [7, 11) is 6.25. The highest BCUT2D eigenvalue weighted by atomic mass is 32.2. The molecule has 0 saturated heterocycles. The molecule has 0 fully saturated rings. The highest BCUT2D eigenvalue weighted by Crippen LogP contribution is 2.34. The Bertz CT molecular complexity index is 1030. The smallest absolute Gasteiger partial charge is 0.123 e. The molecule has 0 unspecified atom stereocenters. The molecular weight excluding hydrogens is 465 g/mol. The van der Waals surface area contributed by atoms with Gasteiger partial charge in [0.15, 0.2) is 0 Å². The largest absolute Gasteiger partial charge is 0.376 e. The van der Waals surface area contributed by atoms with E-state index in [1.807, 2.05) is 33.0 Å². The summed E-state index contributed by atoms with van der Waals surface area (Å²) in [5.74, 6) is -0.207. The first kappa shape index (κ1) is 29.6. The van der Waals surface area contributed by atoms with Crippen LogP contribution >= 0.6 is 11.9 Å². The Balaban J connectivity index is 0.00000222. The third-order valence-electron chi connectivity index (χ3n) is 6.01. The van der Waals surface area contributed by atoms with Crippen LogP contribution in [0.3, 0.4) is 0 Å². The Hall–Kier alpha value is -2.66. The number of aryl methyl sites for hydroxylation is 2. The van der Waals surface area contributed by atoms with Gasteiger partial charge in [0.2, 0.25) is 0 Å². The molecule has 3 aromatic carbocycles. The summed E-state index contributed by atoms with van der Waals surface area (Å²) in [6.45, 7) is 9.28. The summed E-state index contributed by atoms with van der Waals surface area (Å²) >= 11 is 1.65. The van der Waals surface area contributed by atoms with Crippen molar-refractivity contribution in [2.75, 3.05) is 35.7 Å². The molecule has 1 N–H and O–H groups in total. The third-order valence-corrected chi connectivity index (χ3v) is 6.84. The maximum atomic E-state index is 13.2. The number of nitrogens with one attached hydrogen (secondary N) is 1. The third kappa shape index (κ3) is 8.77. The van der Waals surface area contributed by atoms with Crippen LogP contribution in [0.15, 0.2) is 65.6 Å². The summed E-state index contributed by atoms with van der Waals surface area (Å²) in [6.07, 6.45) is 5.85. The average molecular weight is 510 g/mol. The van der Waals surface area contributed by atoms with Crippen LogP contribution in [-0.4, -0.2) is 21.1 Å². The first-order valence-corrected chi connectivity index (χ1v) is 14.0. The van der Waals surface area contributed by atoms with Crippen LogP contribution in [0.5, 0.6) is 0 Å². The number of benzene rings is 3. The lowest BCUT2D eigenvalue weighted by Gasteiger charge is -2.22. The van der Waals surface area contributed by atoms with Gasteiger partial charge in [0.1, 0.15) is 5.82 Å². The lowest BCUT2D eigenvalue weighted by atomic mass is 9.97. The fourth-order valence-corrected chi connectivity index (χ4v) is 4.73. The van der Waals surface area contributed by atoms with E-state index < -0.39 is 0 Å². The van der Waals surface area contributed by atoms with Gasteiger partial charge in [-0.25, -0.2) is 4.39 Å². The van der Waals surface area contributed by atoms with Crippen LogP contribution in [0.4, 0.5) is 21.5 Å². The molecule has 3 aromatic rings. The maximum Gasteiger partial charge on any atom is 0.123 e. The minimum Gasteiger partial charge on any atom is -0.376 e. The van der Waals surface area contributed by atoms with E-state index in [1.165, 1.54) is 57.9 Å². The van der Waals surface area contributed by atoms with Crippen LogP contribution in [0.25, 0.3) is 0 Å². The maximum absolute atomic E-state index is 13.2. The second-order valence-corrected chi connectivity index (χ2v) is 9.95. The molecule has 0 bridgehead atoms. The van der Waals surface area contributed by atoms with Gasteiger partial charge in [0.25, 0.3) is 0 Å². The van der Waals surface area contributed by atoms with Crippen molar-refractivity contribution in [3.63, 3.8) is 0 Å². The van der Waals surface area contributed by atoms with Crippen molar-refractivity contribution in [2.45, 2.75) is 71.2 Å². The van der Waals surface area contributed by atoms with E-state index in [0.717, 1.165) is 31.5 Å². The summed E-state index contributed by atoms with van der Waals surface area (Å²) in [5.41, 5.74) is 7.57. The van der Waals surface area contributed by atoms with Crippen molar-refractivity contribution in [2.24, 2.45) is 0 Å². The minimum absolute atomic E-state index is 0.207. The van der Waals surface area contributed by atoms with Crippen molar-refractivity contribution in [3.05, 3.63) is 83.2 Å². The molecular formula is C31H44FN3S. The van der Waals surface area contributed by atoms with Crippen LogP contribution in [-0.2, 0) is 19.4 Å². The molecule has 0 saturated carbocycles. The van der Waals surface area contributed by atoms with Crippen LogP contribution in [0.2, 0.25) is 0 Å². The molecule has 0 amide bonds. The molecule has 0 radical (unpaired) electrons. The van der Waals surface area contributed by atoms with Gasteiger partial charge < -0.3 is 14.5 Å². The Kier molecular flexibility index (Phi) is 12.7. The highest BCUT2D eigenvalue weighted by molar-refractivity contribution is 8.00. The van der Waals surface area contributed by atoms with E-state index >= 15 is 0 Å². The number of rotatable bonds is 12. The van der Waals surface area contributed by atoms with Crippen molar-refractivity contribution in [1.82, 2.24) is 0 Å². The molecule has 3 rings (SSSR count). The van der Waals surface area contributed by atoms with E-state index in [4.69, 9.17) is 0 Å². The normalized spacial score (nSPS) is 10.4. The van der Waals surface area contributed by atoms with E-state index in [1.54, 1.807) is 11.9 Å². The number of unbranched alkanes of at least 4 members (excludes halogenated alkanes) is 1. The molecule has 36 heavy (non-hydrogen) atoms. The number of hydrogen-bond donors (Lipinski definition) is 1. The number of hydrogen-bond acceptors (Lipinski definition) is 4. The van der Waals surface area contributed by atoms with Gasteiger partial charge >= 0.3 is 0 Å². The van der Waals surface area contributed by atoms with Crippen LogP contribution in [0, 0.1) is 5.82 Å². The Morgan fingerprint density at radius 2 is 1.44 bits per heavy atom. The lowest BCUT2D eigenvalue weighted by molar-refractivity contribution is 0.627. The van der Waals surface area contributed by atoms with Crippen molar-refractivity contribution in [1.29, 1.82) is 0 Å². The Morgan fingerprint density at radius 3 is 2.03 bits per heavy atom. The zero-order valence-corrected chi connectivity index (χ0v) is 24.0. The van der Waals surface area contributed by atoms with Gasteiger partial charge in [-0.15, -0.1) is 0 Å².